The van der Waals surface area contributed by atoms with Crippen LogP contribution in [0, 0.1) is 0 Å². The zero-order valence-corrected chi connectivity index (χ0v) is 17.0. The zero-order valence-electron chi connectivity index (χ0n) is 17.0. The lowest BCUT2D eigenvalue weighted by Crippen LogP contribution is -2.34. The van der Waals surface area contributed by atoms with Gasteiger partial charge in [0.2, 0.25) is 5.88 Å². The first-order valence-electron chi connectivity index (χ1n) is 9.80. The van der Waals surface area contributed by atoms with Crippen molar-refractivity contribution in [1.82, 2.24) is 14.8 Å². The Bertz CT molecular complexity index is 949. The summed E-state index contributed by atoms with van der Waals surface area (Å²) in [4.78, 5) is 32.4. The Labute approximate surface area is 174 Å². The SMILES string of the molecule is CN(C)C(=O)c1cccnc1OC1CCN(C(=O)Nc2ccc3c(c2)OCCO3)C1. The highest BCUT2D eigenvalue weighted by atomic mass is 16.6. The molecule has 1 aromatic heterocycles. The molecular formula is C21H24N4O5. The quantitative estimate of drug-likeness (QED) is 0.828. The fourth-order valence-electron chi connectivity index (χ4n) is 3.38. The van der Waals surface area contributed by atoms with Gasteiger partial charge in [-0.2, -0.15) is 0 Å². The van der Waals surface area contributed by atoms with Gasteiger partial charge in [0, 0.05) is 45.0 Å². The summed E-state index contributed by atoms with van der Waals surface area (Å²) in [6.07, 6.45) is 2.00. The number of anilines is 1. The van der Waals surface area contributed by atoms with Gasteiger partial charge in [0.1, 0.15) is 24.9 Å². The average Bonchev–Trinajstić information content (AvgIpc) is 3.22. The van der Waals surface area contributed by atoms with Crippen molar-refractivity contribution in [3.05, 3.63) is 42.1 Å². The smallest absolute Gasteiger partial charge is 0.321 e. The Balaban J connectivity index is 1.37. The number of carbonyl (C=O) groups is 2. The van der Waals surface area contributed by atoms with Crippen molar-refractivity contribution in [2.24, 2.45) is 0 Å². The number of aromatic nitrogens is 1. The van der Waals surface area contributed by atoms with Gasteiger partial charge < -0.3 is 29.3 Å². The lowest BCUT2D eigenvalue weighted by molar-refractivity contribution is 0.0818. The van der Waals surface area contributed by atoms with Gasteiger partial charge in [-0.3, -0.25) is 4.79 Å². The summed E-state index contributed by atoms with van der Waals surface area (Å²) >= 11 is 0. The topological polar surface area (TPSA) is 93.2 Å². The van der Waals surface area contributed by atoms with E-state index in [1.165, 1.54) is 4.90 Å². The van der Waals surface area contributed by atoms with Gasteiger partial charge in [-0.1, -0.05) is 0 Å². The zero-order chi connectivity index (χ0) is 21.1. The molecule has 3 amide bonds. The van der Waals surface area contributed by atoms with Gasteiger partial charge in [0.15, 0.2) is 11.5 Å². The molecule has 1 fully saturated rings. The van der Waals surface area contributed by atoms with Crippen LogP contribution in [-0.4, -0.2) is 73.2 Å². The highest BCUT2D eigenvalue weighted by Gasteiger charge is 2.29. The number of urea groups is 1. The van der Waals surface area contributed by atoms with E-state index in [4.69, 9.17) is 14.2 Å². The fourth-order valence-corrected chi connectivity index (χ4v) is 3.38. The van der Waals surface area contributed by atoms with E-state index in [0.29, 0.717) is 55.5 Å². The van der Waals surface area contributed by atoms with E-state index in [1.54, 1.807) is 55.5 Å². The Morgan fingerprint density at radius 3 is 2.80 bits per heavy atom. The molecule has 1 saturated heterocycles. The van der Waals surface area contributed by atoms with Crippen LogP contribution in [0.25, 0.3) is 0 Å². The molecule has 9 heteroatoms. The van der Waals surface area contributed by atoms with Crippen molar-refractivity contribution >= 4 is 17.6 Å². The normalized spacial score (nSPS) is 17.4. The summed E-state index contributed by atoms with van der Waals surface area (Å²) in [5, 5.41) is 2.88. The van der Waals surface area contributed by atoms with E-state index < -0.39 is 0 Å². The predicted molar refractivity (Wildman–Crippen MR) is 109 cm³/mol. The summed E-state index contributed by atoms with van der Waals surface area (Å²) in [5.41, 5.74) is 1.04. The third-order valence-electron chi connectivity index (χ3n) is 4.91. The molecular weight excluding hydrogens is 388 g/mol. The summed E-state index contributed by atoms with van der Waals surface area (Å²) in [6, 6.07) is 8.48. The van der Waals surface area contributed by atoms with E-state index in [9.17, 15) is 9.59 Å². The van der Waals surface area contributed by atoms with E-state index in [1.807, 2.05) is 0 Å². The first-order valence-corrected chi connectivity index (χ1v) is 9.80. The minimum Gasteiger partial charge on any atom is -0.486 e. The number of fused-ring (bicyclic) bond motifs is 1. The van der Waals surface area contributed by atoms with Crippen LogP contribution < -0.4 is 19.5 Å². The number of pyridine rings is 1. The number of hydrogen-bond acceptors (Lipinski definition) is 6. The Morgan fingerprint density at radius 2 is 2.00 bits per heavy atom. The van der Waals surface area contributed by atoms with Crippen LogP contribution in [-0.2, 0) is 0 Å². The van der Waals surface area contributed by atoms with Gasteiger partial charge in [-0.15, -0.1) is 0 Å². The number of rotatable bonds is 4. The largest absolute Gasteiger partial charge is 0.486 e. The fraction of sp³-hybridized carbons (Fsp3) is 0.381. The molecule has 0 saturated carbocycles. The van der Waals surface area contributed by atoms with Crippen LogP contribution in [0.2, 0.25) is 0 Å². The molecule has 1 atom stereocenters. The molecule has 1 N–H and O–H groups in total. The van der Waals surface area contributed by atoms with Gasteiger partial charge in [0.25, 0.3) is 5.91 Å². The molecule has 9 nitrogen and oxygen atoms in total. The number of ether oxygens (including phenoxy) is 3. The maximum atomic E-state index is 12.7. The second-order valence-electron chi connectivity index (χ2n) is 7.32. The van der Waals surface area contributed by atoms with Gasteiger partial charge in [-0.05, 0) is 24.3 Å². The number of carbonyl (C=O) groups excluding carboxylic acids is 2. The van der Waals surface area contributed by atoms with Crippen molar-refractivity contribution < 1.29 is 23.8 Å². The summed E-state index contributed by atoms with van der Waals surface area (Å²) in [7, 11) is 3.36. The molecule has 1 unspecified atom stereocenters. The number of benzene rings is 1. The van der Waals surface area contributed by atoms with E-state index in [-0.39, 0.29) is 23.9 Å². The third kappa shape index (κ3) is 4.24. The molecule has 2 aliphatic heterocycles. The summed E-state index contributed by atoms with van der Waals surface area (Å²) < 4.78 is 17.0. The number of nitrogens with one attached hydrogen (secondary N) is 1. The molecule has 30 heavy (non-hydrogen) atoms. The number of nitrogens with zero attached hydrogens (tertiary/aromatic N) is 3. The molecule has 0 bridgehead atoms. The molecule has 1 aromatic carbocycles. The molecule has 3 heterocycles. The first kappa shape index (κ1) is 19.8. The van der Waals surface area contributed by atoms with Crippen LogP contribution >= 0.6 is 0 Å². The minimum atomic E-state index is -0.236. The van der Waals surface area contributed by atoms with Gasteiger partial charge in [0.05, 0.1) is 6.54 Å². The number of amides is 3. The van der Waals surface area contributed by atoms with Crippen molar-refractivity contribution in [2.75, 3.05) is 45.7 Å². The summed E-state index contributed by atoms with van der Waals surface area (Å²) in [6.45, 7) is 1.96. The molecule has 2 aliphatic rings. The Kier molecular flexibility index (Phi) is 5.60. The van der Waals surface area contributed by atoms with E-state index in [0.717, 1.165) is 0 Å². The second kappa shape index (κ2) is 8.48. The number of likely N-dealkylation sites (tertiary alicyclic amines) is 1. The van der Waals surface area contributed by atoms with Crippen LogP contribution in [0.4, 0.5) is 10.5 Å². The monoisotopic (exact) mass is 412 g/mol. The van der Waals surface area contributed by atoms with Crippen molar-refractivity contribution in [1.29, 1.82) is 0 Å². The standard InChI is InChI=1S/C21H24N4O5/c1-24(2)20(26)16-4-3-8-22-19(16)30-15-7-9-25(13-15)21(27)23-14-5-6-17-18(12-14)29-11-10-28-17/h3-6,8,12,15H,7,9-11,13H2,1-2H3,(H,23,27). The molecule has 2 aromatic rings. The highest BCUT2D eigenvalue weighted by molar-refractivity contribution is 5.96. The minimum absolute atomic E-state index is 0.177. The molecule has 158 valence electrons. The van der Waals surface area contributed by atoms with E-state index >= 15 is 0 Å². The van der Waals surface area contributed by atoms with Crippen LogP contribution in [0.5, 0.6) is 17.4 Å². The van der Waals surface area contributed by atoms with Crippen molar-refractivity contribution in [3.63, 3.8) is 0 Å². The van der Waals surface area contributed by atoms with Crippen LogP contribution in [0.3, 0.4) is 0 Å². The van der Waals surface area contributed by atoms with E-state index in [2.05, 4.69) is 10.3 Å². The Morgan fingerprint density at radius 1 is 1.20 bits per heavy atom. The molecule has 0 aliphatic carbocycles. The molecule has 4 rings (SSSR count). The lowest BCUT2D eigenvalue weighted by Gasteiger charge is -2.21. The molecule has 0 spiro atoms. The second-order valence-corrected chi connectivity index (χ2v) is 7.32. The highest BCUT2D eigenvalue weighted by Crippen LogP contribution is 2.32. The van der Waals surface area contributed by atoms with Crippen molar-refractivity contribution in [3.8, 4) is 17.4 Å². The predicted octanol–water partition coefficient (Wildman–Crippen LogP) is 2.24. The maximum Gasteiger partial charge on any atom is 0.321 e. The maximum absolute atomic E-state index is 12.7. The number of hydrogen-bond donors (Lipinski definition) is 1. The van der Waals surface area contributed by atoms with Crippen LogP contribution in [0.15, 0.2) is 36.5 Å². The molecule has 0 radical (unpaired) electrons. The van der Waals surface area contributed by atoms with Crippen LogP contribution in [0.1, 0.15) is 16.8 Å². The van der Waals surface area contributed by atoms with Gasteiger partial charge >= 0.3 is 6.03 Å². The first-order chi connectivity index (χ1) is 14.5. The Hall–Kier alpha value is -3.49. The average molecular weight is 412 g/mol. The van der Waals surface area contributed by atoms with Gasteiger partial charge in [-0.25, -0.2) is 9.78 Å². The summed E-state index contributed by atoms with van der Waals surface area (Å²) in [5.74, 6) is 1.40. The lowest BCUT2D eigenvalue weighted by atomic mass is 10.2. The van der Waals surface area contributed by atoms with Crippen molar-refractivity contribution in [2.45, 2.75) is 12.5 Å². The third-order valence-corrected chi connectivity index (χ3v) is 4.91.